The molecule has 9 heavy (non-hydrogen) atoms. The highest BCUT2D eigenvalue weighted by molar-refractivity contribution is 4.94. The van der Waals surface area contributed by atoms with E-state index in [0.717, 1.165) is 6.04 Å². The van der Waals surface area contributed by atoms with E-state index in [4.69, 9.17) is 0 Å². The fraction of sp³-hybridized carbons (Fsp3) is 0.750. The molecule has 0 aromatic carbocycles. The Morgan fingerprint density at radius 1 is 1.56 bits per heavy atom. The van der Waals surface area contributed by atoms with Crippen molar-refractivity contribution < 1.29 is 0 Å². The Kier molecular flexibility index (Phi) is 2.29. The van der Waals surface area contributed by atoms with Crippen molar-refractivity contribution in [3.8, 4) is 0 Å². The molecule has 0 aromatic heterocycles. The minimum Gasteiger partial charge on any atom is -0.300 e. The van der Waals surface area contributed by atoms with Crippen LogP contribution in [0.5, 0.6) is 0 Å². The van der Waals surface area contributed by atoms with E-state index in [9.17, 15) is 0 Å². The van der Waals surface area contributed by atoms with Gasteiger partial charge < -0.3 is 0 Å². The minimum absolute atomic E-state index is 0.731. The van der Waals surface area contributed by atoms with Crippen LogP contribution in [0.1, 0.15) is 19.8 Å². The maximum Gasteiger partial charge on any atom is 0.0275 e. The summed E-state index contributed by atoms with van der Waals surface area (Å²) < 4.78 is 0. The van der Waals surface area contributed by atoms with Crippen LogP contribution in [0.3, 0.4) is 0 Å². The molecular formula is C8H15N. The first-order valence-electron chi connectivity index (χ1n) is 3.67. The monoisotopic (exact) mass is 125 g/mol. The van der Waals surface area contributed by atoms with Crippen molar-refractivity contribution >= 4 is 0 Å². The topological polar surface area (TPSA) is 3.24 Å². The van der Waals surface area contributed by atoms with Crippen LogP contribution in [0.2, 0.25) is 0 Å². The van der Waals surface area contributed by atoms with E-state index in [2.05, 4.69) is 31.0 Å². The summed E-state index contributed by atoms with van der Waals surface area (Å²) in [6, 6.07) is 0.731. The average Bonchev–Trinajstić information content (AvgIpc) is 2.18. The molecule has 1 unspecified atom stereocenters. The molecule has 1 aliphatic heterocycles. The molecule has 0 saturated carbocycles. The van der Waals surface area contributed by atoms with Crippen LogP contribution in [-0.4, -0.2) is 24.5 Å². The first kappa shape index (κ1) is 6.81. The second-order valence-corrected chi connectivity index (χ2v) is 2.72. The zero-order chi connectivity index (χ0) is 6.69. The van der Waals surface area contributed by atoms with Gasteiger partial charge in [0.1, 0.15) is 0 Å². The van der Waals surface area contributed by atoms with E-state index < -0.39 is 0 Å². The SMILES string of the molecule is C/C=C\C1CCCN1C. The highest BCUT2D eigenvalue weighted by Gasteiger charge is 2.16. The number of allylic oxidation sites excluding steroid dienone is 1. The summed E-state index contributed by atoms with van der Waals surface area (Å²) in [5.41, 5.74) is 0. The highest BCUT2D eigenvalue weighted by atomic mass is 15.1. The van der Waals surface area contributed by atoms with Gasteiger partial charge in [-0.1, -0.05) is 12.2 Å². The summed E-state index contributed by atoms with van der Waals surface area (Å²) >= 11 is 0. The Labute approximate surface area is 57.4 Å². The lowest BCUT2D eigenvalue weighted by Gasteiger charge is -2.14. The van der Waals surface area contributed by atoms with Crippen molar-refractivity contribution in [2.75, 3.05) is 13.6 Å². The molecule has 1 nitrogen and oxygen atoms in total. The number of likely N-dealkylation sites (tertiary alicyclic amines) is 1. The molecule has 1 atom stereocenters. The largest absolute Gasteiger partial charge is 0.300 e. The van der Waals surface area contributed by atoms with Crippen LogP contribution in [-0.2, 0) is 0 Å². The highest BCUT2D eigenvalue weighted by Crippen LogP contribution is 2.14. The normalized spacial score (nSPS) is 30.2. The molecule has 0 amide bonds. The molecule has 1 heteroatoms. The molecule has 1 heterocycles. The van der Waals surface area contributed by atoms with Gasteiger partial charge in [-0.05, 0) is 33.4 Å². The number of hydrogen-bond acceptors (Lipinski definition) is 1. The molecule has 52 valence electrons. The van der Waals surface area contributed by atoms with Crippen LogP contribution < -0.4 is 0 Å². The van der Waals surface area contributed by atoms with E-state index in [-0.39, 0.29) is 0 Å². The summed E-state index contributed by atoms with van der Waals surface area (Å²) in [5.74, 6) is 0. The standard InChI is InChI=1S/C8H15N/c1-3-5-8-6-4-7-9(8)2/h3,5,8H,4,6-7H2,1-2H3/b5-3-. The Hall–Kier alpha value is -0.300. The van der Waals surface area contributed by atoms with Gasteiger partial charge in [0, 0.05) is 6.04 Å². The van der Waals surface area contributed by atoms with Crippen molar-refractivity contribution in [2.45, 2.75) is 25.8 Å². The molecule has 1 fully saturated rings. The van der Waals surface area contributed by atoms with Gasteiger partial charge in [-0.3, -0.25) is 4.90 Å². The third kappa shape index (κ3) is 1.55. The number of hydrogen-bond donors (Lipinski definition) is 0. The van der Waals surface area contributed by atoms with Gasteiger partial charge in [0.15, 0.2) is 0 Å². The first-order valence-corrected chi connectivity index (χ1v) is 3.67. The summed E-state index contributed by atoms with van der Waals surface area (Å²) in [5, 5.41) is 0. The number of rotatable bonds is 1. The fourth-order valence-corrected chi connectivity index (χ4v) is 1.40. The van der Waals surface area contributed by atoms with Gasteiger partial charge in [0.25, 0.3) is 0 Å². The zero-order valence-electron chi connectivity index (χ0n) is 6.30. The minimum atomic E-state index is 0.731. The number of nitrogens with zero attached hydrogens (tertiary/aromatic N) is 1. The summed E-state index contributed by atoms with van der Waals surface area (Å²) in [7, 11) is 2.19. The predicted octanol–water partition coefficient (Wildman–Crippen LogP) is 1.66. The molecule has 0 aromatic rings. The second kappa shape index (κ2) is 3.02. The van der Waals surface area contributed by atoms with Gasteiger partial charge in [-0.15, -0.1) is 0 Å². The van der Waals surface area contributed by atoms with Crippen molar-refractivity contribution in [1.82, 2.24) is 4.90 Å². The van der Waals surface area contributed by atoms with Crippen LogP contribution in [0.25, 0.3) is 0 Å². The van der Waals surface area contributed by atoms with E-state index in [0.29, 0.717) is 0 Å². The summed E-state index contributed by atoms with van der Waals surface area (Å²) in [6.45, 7) is 3.36. The quantitative estimate of drug-likeness (QED) is 0.482. The van der Waals surface area contributed by atoms with Gasteiger partial charge in [-0.2, -0.15) is 0 Å². The second-order valence-electron chi connectivity index (χ2n) is 2.72. The van der Waals surface area contributed by atoms with Gasteiger partial charge in [0.2, 0.25) is 0 Å². The average molecular weight is 125 g/mol. The lowest BCUT2D eigenvalue weighted by Crippen LogP contribution is -2.22. The van der Waals surface area contributed by atoms with Crippen LogP contribution in [0.4, 0.5) is 0 Å². The first-order chi connectivity index (χ1) is 4.34. The van der Waals surface area contributed by atoms with Gasteiger partial charge in [-0.25, -0.2) is 0 Å². The van der Waals surface area contributed by atoms with Crippen LogP contribution >= 0.6 is 0 Å². The zero-order valence-corrected chi connectivity index (χ0v) is 6.30. The van der Waals surface area contributed by atoms with Crippen molar-refractivity contribution in [1.29, 1.82) is 0 Å². The lowest BCUT2D eigenvalue weighted by molar-refractivity contribution is 0.357. The van der Waals surface area contributed by atoms with E-state index in [1.54, 1.807) is 0 Å². The maximum atomic E-state index is 2.40. The van der Waals surface area contributed by atoms with Crippen molar-refractivity contribution in [3.05, 3.63) is 12.2 Å². The van der Waals surface area contributed by atoms with E-state index in [1.165, 1.54) is 19.4 Å². The molecular weight excluding hydrogens is 110 g/mol. The maximum absolute atomic E-state index is 2.40. The summed E-state index contributed by atoms with van der Waals surface area (Å²) in [6.07, 6.45) is 7.14. The Balaban J connectivity index is 2.39. The summed E-state index contributed by atoms with van der Waals surface area (Å²) in [4.78, 5) is 2.40. The third-order valence-corrected chi connectivity index (χ3v) is 1.99. The predicted molar refractivity (Wildman–Crippen MR) is 40.5 cm³/mol. The molecule has 0 radical (unpaired) electrons. The number of likely N-dealkylation sites (N-methyl/N-ethyl adjacent to an activating group) is 1. The lowest BCUT2D eigenvalue weighted by atomic mass is 10.2. The Morgan fingerprint density at radius 2 is 2.33 bits per heavy atom. The van der Waals surface area contributed by atoms with Crippen LogP contribution in [0, 0.1) is 0 Å². The molecule has 0 N–H and O–H groups in total. The molecule has 1 aliphatic rings. The van der Waals surface area contributed by atoms with E-state index >= 15 is 0 Å². The third-order valence-electron chi connectivity index (χ3n) is 1.99. The van der Waals surface area contributed by atoms with Crippen molar-refractivity contribution in [3.63, 3.8) is 0 Å². The molecule has 0 aliphatic carbocycles. The molecule has 0 spiro atoms. The molecule has 0 bridgehead atoms. The van der Waals surface area contributed by atoms with E-state index in [1.807, 2.05) is 0 Å². The Morgan fingerprint density at radius 3 is 2.78 bits per heavy atom. The Bertz CT molecular complexity index is 107. The van der Waals surface area contributed by atoms with Crippen LogP contribution in [0.15, 0.2) is 12.2 Å². The van der Waals surface area contributed by atoms with Gasteiger partial charge >= 0.3 is 0 Å². The van der Waals surface area contributed by atoms with Gasteiger partial charge in [0.05, 0.1) is 0 Å². The smallest absolute Gasteiger partial charge is 0.0275 e. The van der Waals surface area contributed by atoms with Crippen molar-refractivity contribution in [2.24, 2.45) is 0 Å². The fourth-order valence-electron chi connectivity index (χ4n) is 1.40. The molecule has 1 rings (SSSR count). The molecule has 1 saturated heterocycles.